The second-order valence-electron chi connectivity index (χ2n) is 3.49. The predicted molar refractivity (Wildman–Crippen MR) is 67.2 cm³/mol. The number of hydrogen-bond donors (Lipinski definition) is 1. The van der Waals surface area contributed by atoms with Crippen molar-refractivity contribution in [3.8, 4) is 0 Å². The number of rotatable bonds is 5. The first-order valence-electron chi connectivity index (χ1n) is 5.25. The number of ether oxygens (including phenoxy) is 1. The van der Waals surface area contributed by atoms with Crippen LogP contribution in [0, 0.1) is 6.92 Å². The highest BCUT2D eigenvalue weighted by Gasteiger charge is 2.01. The molecule has 0 bridgehead atoms. The molecule has 88 valence electrons. The van der Waals surface area contributed by atoms with Gasteiger partial charge < -0.3 is 10.1 Å². The summed E-state index contributed by atoms with van der Waals surface area (Å²) in [5.74, 6) is -0.214. The molecule has 0 aliphatic carbocycles. The lowest BCUT2D eigenvalue weighted by Gasteiger charge is -2.06. The van der Waals surface area contributed by atoms with Crippen LogP contribution >= 0.6 is 15.9 Å². The van der Waals surface area contributed by atoms with Crippen LogP contribution in [0.5, 0.6) is 0 Å². The molecular weight excluding hydrogens is 270 g/mol. The molecule has 0 fully saturated rings. The van der Waals surface area contributed by atoms with Gasteiger partial charge in [0.1, 0.15) is 0 Å². The molecule has 0 spiro atoms. The maximum absolute atomic E-state index is 11.1. The van der Waals surface area contributed by atoms with E-state index < -0.39 is 0 Å². The average molecular weight is 286 g/mol. The van der Waals surface area contributed by atoms with Crippen molar-refractivity contribution in [3.05, 3.63) is 33.8 Å². The highest BCUT2D eigenvalue weighted by molar-refractivity contribution is 9.10. The van der Waals surface area contributed by atoms with Crippen molar-refractivity contribution in [1.29, 1.82) is 0 Å². The number of halogens is 1. The molecule has 0 aliphatic rings. The number of carbonyl (C=O) groups is 1. The molecule has 3 nitrogen and oxygen atoms in total. The number of benzene rings is 1. The van der Waals surface area contributed by atoms with Gasteiger partial charge in [0.15, 0.2) is 0 Å². The lowest BCUT2D eigenvalue weighted by Crippen LogP contribution is -2.24. The third-order valence-electron chi connectivity index (χ3n) is 2.14. The first-order valence-corrected chi connectivity index (χ1v) is 6.04. The van der Waals surface area contributed by atoms with E-state index in [4.69, 9.17) is 4.74 Å². The summed E-state index contributed by atoms with van der Waals surface area (Å²) in [7, 11) is 0. The summed E-state index contributed by atoms with van der Waals surface area (Å²) in [5.41, 5.74) is 2.34. The molecule has 1 N–H and O–H groups in total. The van der Waals surface area contributed by atoms with Crippen LogP contribution in [0.3, 0.4) is 0 Å². The second kappa shape index (κ2) is 6.66. The summed E-state index contributed by atoms with van der Waals surface area (Å²) in [6.45, 7) is 5.18. The van der Waals surface area contributed by atoms with Gasteiger partial charge in [-0.15, -0.1) is 0 Å². The van der Waals surface area contributed by atoms with Gasteiger partial charge in [-0.1, -0.05) is 28.1 Å². The zero-order valence-corrected chi connectivity index (χ0v) is 11.1. The first kappa shape index (κ1) is 13.2. The minimum absolute atomic E-state index is 0.214. The van der Waals surface area contributed by atoms with Crippen molar-refractivity contribution in [3.63, 3.8) is 0 Å². The highest BCUT2D eigenvalue weighted by atomic mass is 79.9. The Hall–Kier alpha value is -0.870. The summed E-state index contributed by atoms with van der Waals surface area (Å²) in [6, 6.07) is 6.14. The SMILES string of the molecule is CCOC(=O)CNCc1ccc(C)c(Br)c1. The number of esters is 1. The van der Waals surface area contributed by atoms with Crippen molar-refractivity contribution in [1.82, 2.24) is 5.32 Å². The number of aryl methyl sites for hydroxylation is 1. The summed E-state index contributed by atoms with van der Waals surface area (Å²) in [4.78, 5) is 11.1. The fourth-order valence-corrected chi connectivity index (χ4v) is 1.69. The van der Waals surface area contributed by atoms with E-state index in [1.165, 1.54) is 5.56 Å². The third kappa shape index (κ3) is 4.33. The van der Waals surface area contributed by atoms with Crippen LogP contribution in [0.1, 0.15) is 18.1 Å². The molecule has 1 aromatic carbocycles. The molecule has 0 radical (unpaired) electrons. The fraction of sp³-hybridized carbons (Fsp3) is 0.417. The Kier molecular flexibility index (Phi) is 5.49. The van der Waals surface area contributed by atoms with Gasteiger partial charge >= 0.3 is 5.97 Å². The molecule has 0 atom stereocenters. The van der Waals surface area contributed by atoms with Crippen LogP contribution < -0.4 is 5.32 Å². The highest BCUT2D eigenvalue weighted by Crippen LogP contribution is 2.17. The van der Waals surface area contributed by atoms with Crippen LogP contribution in [0.2, 0.25) is 0 Å². The van der Waals surface area contributed by atoms with Gasteiger partial charge in [0.2, 0.25) is 0 Å². The van der Waals surface area contributed by atoms with Crippen LogP contribution in [-0.2, 0) is 16.1 Å². The summed E-state index contributed by atoms with van der Waals surface area (Å²) in [5, 5.41) is 3.04. The third-order valence-corrected chi connectivity index (χ3v) is 2.99. The number of carbonyl (C=O) groups excluding carboxylic acids is 1. The molecule has 1 rings (SSSR count). The van der Waals surface area contributed by atoms with E-state index in [1.807, 2.05) is 25.1 Å². The van der Waals surface area contributed by atoms with Crippen molar-refractivity contribution >= 4 is 21.9 Å². The first-order chi connectivity index (χ1) is 7.63. The summed E-state index contributed by atoms with van der Waals surface area (Å²) in [6.07, 6.45) is 0. The Balaban J connectivity index is 2.37. The summed E-state index contributed by atoms with van der Waals surface area (Å²) < 4.78 is 5.90. The summed E-state index contributed by atoms with van der Waals surface area (Å²) >= 11 is 3.47. The Morgan fingerprint density at radius 1 is 1.50 bits per heavy atom. The molecule has 0 aromatic heterocycles. The molecule has 16 heavy (non-hydrogen) atoms. The molecular formula is C12H16BrNO2. The largest absolute Gasteiger partial charge is 0.465 e. The van der Waals surface area contributed by atoms with E-state index in [0.717, 1.165) is 10.0 Å². The maximum Gasteiger partial charge on any atom is 0.319 e. The van der Waals surface area contributed by atoms with Crippen LogP contribution in [-0.4, -0.2) is 19.1 Å². The van der Waals surface area contributed by atoms with E-state index in [9.17, 15) is 4.79 Å². The topological polar surface area (TPSA) is 38.3 Å². The van der Waals surface area contributed by atoms with Gasteiger partial charge in [-0.05, 0) is 31.0 Å². The maximum atomic E-state index is 11.1. The zero-order chi connectivity index (χ0) is 12.0. The molecule has 1 aromatic rings. The van der Waals surface area contributed by atoms with Crippen molar-refractivity contribution < 1.29 is 9.53 Å². The molecule has 0 aliphatic heterocycles. The van der Waals surface area contributed by atoms with Crippen molar-refractivity contribution in [2.24, 2.45) is 0 Å². The molecule has 0 saturated carbocycles. The standard InChI is InChI=1S/C12H16BrNO2/c1-3-16-12(15)8-14-7-10-5-4-9(2)11(13)6-10/h4-6,14H,3,7-8H2,1-2H3. The van der Waals surface area contributed by atoms with E-state index >= 15 is 0 Å². The Morgan fingerprint density at radius 2 is 2.25 bits per heavy atom. The Labute approximate surface area is 104 Å². The Bertz CT molecular complexity index is 366. The van der Waals surface area contributed by atoms with Crippen LogP contribution in [0.15, 0.2) is 22.7 Å². The van der Waals surface area contributed by atoms with Gasteiger partial charge in [0, 0.05) is 11.0 Å². The van der Waals surface area contributed by atoms with E-state index in [1.54, 1.807) is 6.92 Å². The van der Waals surface area contributed by atoms with Gasteiger partial charge in [0.25, 0.3) is 0 Å². The predicted octanol–water partition coefficient (Wildman–Crippen LogP) is 2.41. The van der Waals surface area contributed by atoms with Crippen molar-refractivity contribution in [2.75, 3.05) is 13.2 Å². The molecule has 0 heterocycles. The van der Waals surface area contributed by atoms with Crippen molar-refractivity contribution in [2.45, 2.75) is 20.4 Å². The molecule has 0 unspecified atom stereocenters. The lowest BCUT2D eigenvalue weighted by atomic mass is 10.1. The fourth-order valence-electron chi connectivity index (χ4n) is 1.27. The second-order valence-corrected chi connectivity index (χ2v) is 4.35. The van der Waals surface area contributed by atoms with Crippen LogP contribution in [0.25, 0.3) is 0 Å². The monoisotopic (exact) mass is 285 g/mol. The van der Waals surface area contributed by atoms with Gasteiger partial charge in [-0.2, -0.15) is 0 Å². The normalized spacial score (nSPS) is 10.2. The Morgan fingerprint density at radius 3 is 2.88 bits per heavy atom. The molecule has 4 heteroatoms. The smallest absolute Gasteiger partial charge is 0.319 e. The van der Waals surface area contributed by atoms with E-state index in [-0.39, 0.29) is 12.5 Å². The van der Waals surface area contributed by atoms with Crippen LogP contribution in [0.4, 0.5) is 0 Å². The molecule has 0 saturated heterocycles. The molecule has 0 amide bonds. The number of nitrogens with one attached hydrogen (secondary N) is 1. The van der Waals surface area contributed by atoms with Gasteiger partial charge in [-0.25, -0.2) is 0 Å². The minimum Gasteiger partial charge on any atom is -0.465 e. The van der Waals surface area contributed by atoms with Gasteiger partial charge in [-0.3, -0.25) is 4.79 Å². The minimum atomic E-state index is -0.214. The zero-order valence-electron chi connectivity index (χ0n) is 9.55. The number of hydrogen-bond acceptors (Lipinski definition) is 3. The van der Waals surface area contributed by atoms with E-state index in [2.05, 4.69) is 21.2 Å². The van der Waals surface area contributed by atoms with Gasteiger partial charge in [0.05, 0.1) is 13.2 Å². The quantitative estimate of drug-likeness (QED) is 0.845. The van der Waals surface area contributed by atoms with E-state index in [0.29, 0.717) is 13.2 Å². The lowest BCUT2D eigenvalue weighted by molar-refractivity contribution is -0.142. The average Bonchev–Trinajstić information content (AvgIpc) is 2.24.